The lowest BCUT2D eigenvalue weighted by Crippen LogP contribution is -2.10. The highest BCUT2D eigenvalue weighted by Gasteiger charge is 2.09. The third-order valence-electron chi connectivity index (χ3n) is 4.00. The summed E-state index contributed by atoms with van der Waals surface area (Å²) < 4.78 is 14.4. The molecule has 3 heterocycles. The molecule has 29 heavy (non-hydrogen) atoms. The second-order valence-electron chi connectivity index (χ2n) is 6.12. The molecule has 146 valence electrons. The molecule has 0 unspecified atom stereocenters. The first-order chi connectivity index (χ1) is 14.1. The largest absolute Gasteiger partial charge is 0.491 e. The molecule has 0 aliphatic heterocycles. The lowest BCUT2D eigenvalue weighted by Gasteiger charge is -2.09. The van der Waals surface area contributed by atoms with Crippen LogP contribution in [0.2, 0.25) is 0 Å². The van der Waals surface area contributed by atoms with Crippen molar-refractivity contribution in [2.24, 2.45) is 7.05 Å². The van der Waals surface area contributed by atoms with Gasteiger partial charge in [0.05, 0.1) is 43.8 Å². The van der Waals surface area contributed by atoms with Gasteiger partial charge in [0.2, 0.25) is 5.43 Å². The SMILES string of the molecule is CCOc1cnc(-c2cccc(Oc3cn(-c4cnn(C)c4)ncc3=O)c2)nc1. The topological polar surface area (TPSA) is 97.0 Å². The van der Waals surface area contributed by atoms with Crippen LogP contribution >= 0.6 is 0 Å². The predicted molar refractivity (Wildman–Crippen MR) is 105 cm³/mol. The molecule has 0 radical (unpaired) electrons. The van der Waals surface area contributed by atoms with Crippen LogP contribution in [0.5, 0.6) is 17.2 Å². The van der Waals surface area contributed by atoms with E-state index >= 15 is 0 Å². The van der Waals surface area contributed by atoms with Gasteiger partial charge < -0.3 is 9.47 Å². The summed E-state index contributed by atoms with van der Waals surface area (Å²) in [5.41, 5.74) is 1.15. The van der Waals surface area contributed by atoms with Gasteiger partial charge in [0, 0.05) is 12.6 Å². The van der Waals surface area contributed by atoms with E-state index in [-0.39, 0.29) is 11.2 Å². The first-order valence-electron chi connectivity index (χ1n) is 8.93. The monoisotopic (exact) mass is 390 g/mol. The van der Waals surface area contributed by atoms with Crippen molar-refractivity contribution in [3.63, 3.8) is 0 Å². The zero-order chi connectivity index (χ0) is 20.2. The number of benzene rings is 1. The molecule has 0 amide bonds. The molecule has 9 nitrogen and oxygen atoms in total. The van der Waals surface area contributed by atoms with Crippen LogP contribution in [0, 0.1) is 0 Å². The molecule has 0 N–H and O–H groups in total. The van der Waals surface area contributed by atoms with Gasteiger partial charge in [-0.15, -0.1) is 0 Å². The van der Waals surface area contributed by atoms with Gasteiger partial charge in [0.25, 0.3) is 0 Å². The normalized spacial score (nSPS) is 10.7. The Kier molecular flexibility index (Phi) is 5.02. The number of ether oxygens (including phenoxy) is 2. The van der Waals surface area contributed by atoms with E-state index in [1.54, 1.807) is 48.6 Å². The van der Waals surface area contributed by atoms with Crippen molar-refractivity contribution in [1.29, 1.82) is 0 Å². The summed E-state index contributed by atoms with van der Waals surface area (Å²) in [5.74, 6) is 1.77. The van der Waals surface area contributed by atoms with Gasteiger partial charge in [-0.25, -0.2) is 14.6 Å². The van der Waals surface area contributed by atoms with E-state index in [0.717, 1.165) is 5.56 Å². The first kappa shape index (κ1) is 18.4. The van der Waals surface area contributed by atoms with Crippen LogP contribution in [0.4, 0.5) is 0 Å². The van der Waals surface area contributed by atoms with Crippen LogP contribution in [0.1, 0.15) is 6.92 Å². The molecule has 0 atom stereocenters. The molecule has 1 aromatic carbocycles. The van der Waals surface area contributed by atoms with E-state index in [0.29, 0.717) is 29.6 Å². The van der Waals surface area contributed by atoms with Crippen LogP contribution in [0.3, 0.4) is 0 Å². The minimum absolute atomic E-state index is 0.147. The van der Waals surface area contributed by atoms with E-state index < -0.39 is 0 Å². The molecule has 4 aromatic rings. The molecule has 0 bridgehead atoms. The molecule has 9 heteroatoms. The maximum absolute atomic E-state index is 12.2. The van der Waals surface area contributed by atoms with Crippen LogP contribution < -0.4 is 14.9 Å². The Morgan fingerprint density at radius 3 is 2.55 bits per heavy atom. The van der Waals surface area contributed by atoms with Crippen LogP contribution in [-0.2, 0) is 7.05 Å². The highest BCUT2D eigenvalue weighted by atomic mass is 16.5. The van der Waals surface area contributed by atoms with E-state index in [2.05, 4.69) is 20.2 Å². The van der Waals surface area contributed by atoms with Gasteiger partial charge in [0.15, 0.2) is 17.3 Å². The Labute approximate surface area is 166 Å². The van der Waals surface area contributed by atoms with E-state index in [1.807, 2.05) is 19.1 Å². The minimum atomic E-state index is -0.326. The first-order valence-corrected chi connectivity index (χ1v) is 8.93. The highest BCUT2D eigenvalue weighted by Crippen LogP contribution is 2.24. The Bertz CT molecular complexity index is 1180. The summed E-state index contributed by atoms with van der Waals surface area (Å²) in [7, 11) is 1.80. The van der Waals surface area contributed by atoms with Gasteiger partial charge in [-0.05, 0) is 19.1 Å². The molecule has 0 saturated heterocycles. The minimum Gasteiger partial charge on any atom is -0.491 e. The maximum atomic E-state index is 12.2. The highest BCUT2D eigenvalue weighted by molar-refractivity contribution is 5.57. The number of aryl methyl sites for hydroxylation is 1. The molecule has 0 aliphatic rings. The van der Waals surface area contributed by atoms with Crippen molar-refractivity contribution < 1.29 is 9.47 Å². The van der Waals surface area contributed by atoms with Crippen molar-refractivity contribution in [2.75, 3.05) is 6.61 Å². The standard InChI is InChI=1S/C20H18N6O3/c1-3-28-17-9-21-20(22-10-17)14-5-4-6-16(7-14)29-19-13-26(24-11-18(19)27)15-8-23-25(2)12-15/h4-13H,3H2,1-2H3. The lowest BCUT2D eigenvalue weighted by atomic mass is 10.2. The summed E-state index contributed by atoms with van der Waals surface area (Å²) in [4.78, 5) is 20.8. The Balaban J connectivity index is 1.60. The summed E-state index contributed by atoms with van der Waals surface area (Å²) in [6, 6.07) is 7.20. The smallest absolute Gasteiger partial charge is 0.242 e. The van der Waals surface area contributed by atoms with Gasteiger partial charge >= 0.3 is 0 Å². The summed E-state index contributed by atoms with van der Waals surface area (Å²) in [6.45, 7) is 2.45. The van der Waals surface area contributed by atoms with Crippen molar-refractivity contribution in [3.05, 3.63) is 71.7 Å². The number of rotatable bonds is 6. The molecular formula is C20H18N6O3. The second-order valence-corrected chi connectivity index (χ2v) is 6.12. The predicted octanol–water partition coefficient (Wildman–Crippen LogP) is 2.61. The Morgan fingerprint density at radius 2 is 1.83 bits per heavy atom. The van der Waals surface area contributed by atoms with Crippen LogP contribution in [0.25, 0.3) is 17.1 Å². The fourth-order valence-corrected chi connectivity index (χ4v) is 2.66. The number of hydrogen-bond acceptors (Lipinski definition) is 7. The molecule has 0 spiro atoms. The molecule has 0 fully saturated rings. The number of aromatic nitrogens is 6. The summed E-state index contributed by atoms with van der Waals surface area (Å²) in [5, 5.41) is 8.20. The number of nitrogens with zero attached hydrogens (tertiary/aromatic N) is 6. The van der Waals surface area contributed by atoms with E-state index in [4.69, 9.17) is 9.47 Å². The van der Waals surface area contributed by atoms with E-state index in [9.17, 15) is 4.79 Å². The van der Waals surface area contributed by atoms with Gasteiger partial charge in [-0.3, -0.25) is 9.48 Å². The van der Waals surface area contributed by atoms with Crippen LogP contribution in [0.15, 0.2) is 66.2 Å². The molecular weight excluding hydrogens is 372 g/mol. The van der Waals surface area contributed by atoms with Crippen molar-refractivity contribution in [1.82, 2.24) is 29.5 Å². The van der Waals surface area contributed by atoms with E-state index in [1.165, 1.54) is 17.1 Å². The van der Waals surface area contributed by atoms with Crippen molar-refractivity contribution in [3.8, 4) is 34.3 Å². The zero-order valence-electron chi connectivity index (χ0n) is 15.9. The van der Waals surface area contributed by atoms with Crippen LogP contribution in [-0.4, -0.2) is 36.1 Å². The molecule has 4 rings (SSSR count). The Morgan fingerprint density at radius 1 is 1.00 bits per heavy atom. The van der Waals surface area contributed by atoms with Gasteiger partial charge in [-0.1, -0.05) is 12.1 Å². The fourth-order valence-electron chi connectivity index (χ4n) is 2.66. The fraction of sp³-hybridized carbons (Fsp3) is 0.150. The quantitative estimate of drug-likeness (QED) is 0.499. The summed E-state index contributed by atoms with van der Waals surface area (Å²) >= 11 is 0. The van der Waals surface area contributed by atoms with Crippen molar-refractivity contribution >= 4 is 0 Å². The maximum Gasteiger partial charge on any atom is 0.242 e. The lowest BCUT2D eigenvalue weighted by molar-refractivity contribution is 0.337. The zero-order valence-corrected chi connectivity index (χ0v) is 15.9. The third-order valence-corrected chi connectivity index (χ3v) is 4.00. The van der Waals surface area contributed by atoms with Crippen molar-refractivity contribution in [2.45, 2.75) is 6.92 Å². The molecule has 0 aliphatic carbocycles. The Hall–Kier alpha value is -4.01. The summed E-state index contributed by atoms with van der Waals surface area (Å²) in [6.07, 6.45) is 9.40. The molecule has 3 aromatic heterocycles. The molecule has 0 saturated carbocycles. The van der Waals surface area contributed by atoms with Gasteiger partial charge in [0.1, 0.15) is 11.4 Å². The van der Waals surface area contributed by atoms with Gasteiger partial charge in [-0.2, -0.15) is 10.2 Å². The third kappa shape index (κ3) is 4.13. The second kappa shape index (κ2) is 7.93. The average molecular weight is 390 g/mol. The number of hydrogen-bond donors (Lipinski definition) is 0. The average Bonchev–Trinajstić information content (AvgIpc) is 3.17.